The molecule has 5 heteroatoms. The van der Waals surface area contributed by atoms with Crippen LogP contribution < -0.4 is 9.47 Å². The summed E-state index contributed by atoms with van der Waals surface area (Å²) in [6, 6.07) is 15.3. The molecule has 136 valence electrons. The van der Waals surface area contributed by atoms with Crippen molar-refractivity contribution in [3.63, 3.8) is 0 Å². The first-order valence-corrected chi connectivity index (χ1v) is 8.51. The Morgan fingerprint density at radius 2 is 1.54 bits per heavy atom. The number of carbonyl (C=O) groups excluding carboxylic acids is 1. The van der Waals surface area contributed by atoms with E-state index in [2.05, 4.69) is 0 Å². The van der Waals surface area contributed by atoms with Crippen LogP contribution >= 0.6 is 0 Å². The van der Waals surface area contributed by atoms with Crippen molar-refractivity contribution in [1.29, 1.82) is 0 Å². The zero-order chi connectivity index (χ0) is 18.7. The molecule has 0 aromatic heterocycles. The van der Waals surface area contributed by atoms with Gasteiger partial charge in [0.15, 0.2) is 0 Å². The van der Waals surface area contributed by atoms with Gasteiger partial charge in [-0.15, -0.1) is 0 Å². The maximum absolute atomic E-state index is 12.1. The van der Waals surface area contributed by atoms with Gasteiger partial charge in [-0.2, -0.15) is 0 Å². The fourth-order valence-electron chi connectivity index (χ4n) is 3.29. The lowest BCUT2D eigenvalue weighted by Crippen LogP contribution is -2.41. The molecular formula is C21H23NO4. The molecule has 0 bridgehead atoms. The van der Waals surface area contributed by atoms with Crippen LogP contribution in [-0.4, -0.2) is 36.4 Å². The van der Waals surface area contributed by atoms with Gasteiger partial charge in [0, 0.05) is 19.3 Å². The number of aliphatic hydroxyl groups is 1. The average molecular weight is 353 g/mol. The molecule has 2 aromatic carbocycles. The van der Waals surface area contributed by atoms with Crippen molar-refractivity contribution in [2.45, 2.75) is 25.5 Å². The van der Waals surface area contributed by atoms with Gasteiger partial charge in [0.25, 0.3) is 0 Å². The minimum Gasteiger partial charge on any atom is -0.497 e. The molecule has 0 saturated carbocycles. The number of aliphatic hydroxyl groups excluding tert-OH is 1. The van der Waals surface area contributed by atoms with Gasteiger partial charge >= 0.3 is 0 Å². The van der Waals surface area contributed by atoms with Crippen molar-refractivity contribution >= 4 is 11.6 Å². The van der Waals surface area contributed by atoms with Gasteiger partial charge in [-0.05, 0) is 47.5 Å². The maximum atomic E-state index is 12.1. The van der Waals surface area contributed by atoms with Gasteiger partial charge in [-0.3, -0.25) is 9.69 Å². The predicted octanol–water partition coefficient (Wildman–Crippen LogP) is 3.40. The number of hydrogen-bond donors (Lipinski definition) is 1. The van der Waals surface area contributed by atoms with E-state index in [0.717, 1.165) is 22.6 Å². The quantitative estimate of drug-likeness (QED) is 0.915. The largest absolute Gasteiger partial charge is 0.497 e. The molecule has 0 saturated heterocycles. The SMILES string of the molecule is COc1ccc(C2=C[C@H](c3ccc(OC)cc3)CC(O)N2C(C)=O)cc1. The summed E-state index contributed by atoms with van der Waals surface area (Å²) in [5, 5.41) is 10.6. The summed E-state index contributed by atoms with van der Waals surface area (Å²) in [5.74, 6) is 1.35. The number of amides is 1. The Labute approximate surface area is 153 Å². The smallest absolute Gasteiger partial charge is 0.225 e. The summed E-state index contributed by atoms with van der Waals surface area (Å²) >= 11 is 0. The van der Waals surface area contributed by atoms with Gasteiger partial charge < -0.3 is 14.6 Å². The Morgan fingerprint density at radius 3 is 2.04 bits per heavy atom. The van der Waals surface area contributed by atoms with E-state index < -0.39 is 6.23 Å². The fraction of sp³-hybridized carbons (Fsp3) is 0.286. The summed E-state index contributed by atoms with van der Waals surface area (Å²) in [6.07, 6.45) is 1.62. The number of benzene rings is 2. The van der Waals surface area contributed by atoms with Gasteiger partial charge in [-0.1, -0.05) is 18.2 Å². The number of methoxy groups -OCH3 is 2. The third-order valence-corrected chi connectivity index (χ3v) is 4.65. The van der Waals surface area contributed by atoms with Gasteiger partial charge in [-0.25, -0.2) is 0 Å². The molecule has 1 unspecified atom stereocenters. The second-order valence-corrected chi connectivity index (χ2v) is 6.27. The molecule has 0 radical (unpaired) electrons. The number of rotatable bonds is 4. The Kier molecular flexibility index (Phi) is 5.28. The molecule has 2 aromatic rings. The first-order valence-electron chi connectivity index (χ1n) is 8.51. The molecule has 0 fully saturated rings. The highest BCUT2D eigenvalue weighted by Gasteiger charge is 2.31. The molecule has 1 N–H and O–H groups in total. The number of hydrogen-bond acceptors (Lipinski definition) is 4. The minimum atomic E-state index is -0.873. The Bertz CT molecular complexity index is 796. The van der Waals surface area contributed by atoms with Gasteiger partial charge in [0.2, 0.25) is 5.91 Å². The van der Waals surface area contributed by atoms with Crippen LogP contribution in [0.5, 0.6) is 11.5 Å². The van der Waals surface area contributed by atoms with Crippen molar-refractivity contribution in [2.24, 2.45) is 0 Å². The zero-order valence-corrected chi connectivity index (χ0v) is 15.2. The summed E-state index contributed by atoms with van der Waals surface area (Å²) in [6.45, 7) is 1.47. The number of nitrogens with zero attached hydrogens (tertiary/aromatic N) is 1. The Hall–Kier alpha value is -2.79. The number of carbonyl (C=O) groups is 1. The fourth-order valence-corrected chi connectivity index (χ4v) is 3.29. The molecule has 0 spiro atoms. The van der Waals surface area contributed by atoms with Crippen LogP contribution in [-0.2, 0) is 4.79 Å². The van der Waals surface area contributed by atoms with Crippen LogP contribution in [0.15, 0.2) is 54.6 Å². The summed E-state index contributed by atoms with van der Waals surface area (Å²) < 4.78 is 10.4. The molecule has 0 aliphatic carbocycles. The van der Waals surface area contributed by atoms with Crippen molar-refractivity contribution in [1.82, 2.24) is 4.90 Å². The molecule has 3 rings (SSSR count). The third-order valence-electron chi connectivity index (χ3n) is 4.65. The van der Waals surface area contributed by atoms with Crippen molar-refractivity contribution < 1.29 is 19.4 Å². The first-order chi connectivity index (χ1) is 12.5. The highest BCUT2D eigenvalue weighted by atomic mass is 16.5. The maximum Gasteiger partial charge on any atom is 0.225 e. The van der Waals surface area contributed by atoms with Crippen molar-refractivity contribution in [3.8, 4) is 11.5 Å². The standard InChI is InChI=1S/C21H23NO4/c1-14(23)22-20(16-6-10-19(26-3)11-7-16)12-17(13-21(22)24)15-4-8-18(25-2)9-5-15/h4-12,17,21,24H,13H2,1-3H3/t17-,21?/m0/s1. The van der Waals surface area contributed by atoms with Crippen LogP contribution in [0.2, 0.25) is 0 Å². The monoisotopic (exact) mass is 353 g/mol. The summed E-state index contributed by atoms with van der Waals surface area (Å²) in [5.41, 5.74) is 2.64. The topological polar surface area (TPSA) is 59.0 Å². The third kappa shape index (κ3) is 3.58. The minimum absolute atomic E-state index is 0.00334. The van der Waals surface area contributed by atoms with E-state index in [4.69, 9.17) is 9.47 Å². The van der Waals surface area contributed by atoms with Gasteiger partial charge in [0.1, 0.15) is 17.7 Å². The van der Waals surface area contributed by atoms with E-state index >= 15 is 0 Å². The van der Waals surface area contributed by atoms with E-state index in [1.165, 1.54) is 11.8 Å². The number of allylic oxidation sites excluding steroid dienone is 1. The normalized spacial score (nSPS) is 19.7. The van der Waals surface area contributed by atoms with Crippen molar-refractivity contribution in [3.05, 3.63) is 65.7 Å². The lowest BCUT2D eigenvalue weighted by atomic mass is 9.88. The van der Waals surface area contributed by atoms with Crippen molar-refractivity contribution in [2.75, 3.05) is 14.2 Å². The first kappa shape index (κ1) is 18.0. The van der Waals surface area contributed by atoms with Crippen LogP contribution in [0, 0.1) is 0 Å². The molecule has 1 aliphatic rings. The van der Waals surface area contributed by atoms with Gasteiger partial charge in [0.05, 0.1) is 19.9 Å². The van der Waals surface area contributed by atoms with Crippen LogP contribution in [0.4, 0.5) is 0 Å². The Morgan fingerprint density at radius 1 is 1.00 bits per heavy atom. The lowest BCUT2D eigenvalue weighted by molar-refractivity contribution is -0.133. The van der Waals surface area contributed by atoms with Crippen LogP contribution in [0.1, 0.15) is 30.4 Å². The number of ether oxygens (including phenoxy) is 2. The van der Waals surface area contributed by atoms with Crippen LogP contribution in [0.3, 0.4) is 0 Å². The second kappa shape index (κ2) is 7.62. The Balaban J connectivity index is 2.01. The van der Waals surface area contributed by atoms with E-state index in [1.807, 2.05) is 54.6 Å². The highest BCUT2D eigenvalue weighted by molar-refractivity contribution is 5.86. The summed E-state index contributed by atoms with van der Waals surface area (Å²) in [7, 11) is 3.24. The molecular weight excluding hydrogens is 330 g/mol. The molecule has 26 heavy (non-hydrogen) atoms. The van der Waals surface area contributed by atoms with Crippen LogP contribution in [0.25, 0.3) is 5.70 Å². The van der Waals surface area contributed by atoms with E-state index in [1.54, 1.807) is 14.2 Å². The highest BCUT2D eigenvalue weighted by Crippen LogP contribution is 2.37. The summed E-state index contributed by atoms with van der Waals surface area (Å²) in [4.78, 5) is 13.6. The molecule has 1 heterocycles. The van der Waals surface area contributed by atoms with E-state index in [0.29, 0.717) is 12.1 Å². The average Bonchev–Trinajstić information content (AvgIpc) is 2.67. The zero-order valence-electron chi connectivity index (χ0n) is 15.2. The van der Waals surface area contributed by atoms with E-state index in [-0.39, 0.29) is 11.8 Å². The second-order valence-electron chi connectivity index (χ2n) is 6.27. The predicted molar refractivity (Wildman–Crippen MR) is 99.8 cm³/mol. The molecule has 2 atom stereocenters. The molecule has 5 nitrogen and oxygen atoms in total. The van der Waals surface area contributed by atoms with E-state index in [9.17, 15) is 9.90 Å². The molecule has 1 aliphatic heterocycles. The lowest BCUT2D eigenvalue weighted by Gasteiger charge is -2.36. The molecule has 1 amide bonds.